The zero-order chi connectivity index (χ0) is 14.8. The number of aromatic amines is 1. The van der Waals surface area contributed by atoms with E-state index in [1.54, 1.807) is 6.20 Å². The summed E-state index contributed by atoms with van der Waals surface area (Å²) in [6, 6.07) is 10.1. The Hall–Kier alpha value is -2.12. The third-order valence-corrected chi connectivity index (χ3v) is 4.16. The van der Waals surface area contributed by atoms with Crippen LogP contribution in [-0.2, 0) is 0 Å². The van der Waals surface area contributed by atoms with Crippen LogP contribution in [-0.4, -0.2) is 15.9 Å². The van der Waals surface area contributed by atoms with Crippen molar-refractivity contribution in [1.82, 2.24) is 10.2 Å². The fourth-order valence-electron chi connectivity index (χ4n) is 2.88. The number of aromatic nitrogens is 2. The molecule has 21 heavy (non-hydrogen) atoms. The molecule has 2 aromatic rings. The SMILES string of the molecule is CCCC1=Nc2[nH]ncc2C(c2ccccc2Cl)C1C#N. The molecular formula is C16H15ClN4. The van der Waals surface area contributed by atoms with E-state index in [1.165, 1.54) is 0 Å². The summed E-state index contributed by atoms with van der Waals surface area (Å²) in [5.74, 6) is 0.335. The second-order valence-corrected chi connectivity index (χ2v) is 5.54. The first-order valence-corrected chi connectivity index (χ1v) is 7.38. The summed E-state index contributed by atoms with van der Waals surface area (Å²) in [5, 5.41) is 17.4. The topological polar surface area (TPSA) is 64.8 Å². The van der Waals surface area contributed by atoms with Gasteiger partial charge in [0.05, 0.1) is 18.2 Å². The fraction of sp³-hybridized carbons (Fsp3) is 0.312. The van der Waals surface area contributed by atoms with E-state index in [9.17, 15) is 5.26 Å². The van der Waals surface area contributed by atoms with Gasteiger partial charge in [-0.05, 0) is 18.1 Å². The molecule has 5 heteroatoms. The number of nitriles is 1. The third kappa shape index (κ3) is 2.34. The zero-order valence-corrected chi connectivity index (χ0v) is 12.4. The second kappa shape index (κ2) is 5.71. The van der Waals surface area contributed by atoms with Gasteiger partial charge in [-0.15, -0.1) is 0 Å². The number of rotatable bonds is 3. The van der Waals surface area contributed by atoms with Gasteiger partial charge in [0.25, 0.3) is 0 Å². The van der Waals surface area contributed by atoms with Crippen molar-refractivity contribution in [2.45, 2.75) is 25.7 Å². The number of aliphatic imine (C=N–C) groups is 1. The summed E-state index contributed by atoms with van der Waals surface area (Å²) in [7, 11) is 0. The lowest BCUT2D eigenvalue weighted by Gasteiger charge is -2.27. The first-order chi connectivity index (χ1) is 10.3. The Morgan fingerprint density at radius 1 is 1.33 bits per heavy atom. The van der Waals surface area contributed by atoms with E-state index < -0.39 is 0 Å². The number of hydrogen-bond donors (Lipinski definition) is 1. The average Bonchev–Trinajstić information content (AvgIpc) is 2.95. The molecule has 3 rings (SSSR count). The van der Waals surface area contributed by atoms with Crippen LogP contribution in [0.15, 0.2) is 35.5 Å². The van der Waals surface area contributed by atoms with Crippen molar-refractivity contribution in [3.05, 3.63) is 46.6 Å². The highest BCUT2D eigenvalue weighted by Crippen LogP contribution is 2.43. The molecule has 1 aliphatic rings. The monoisotopic (exact) mass is 298 g/mol. The summed E-state index contributed by atoms with van der Waals surface area (Å²) in [6.07, 6.45) is 3.51. The van der Waals surface area contributed by atoms with Crippen LogP contribution in [0.25, 0.3) is 0 Å². The van der Waals surface area contributed by atoms with Gasteiger partial charge in [0, 0.05) is 22.2 Å². The van der Waals surface area contributed by atoms with Gasteiger partial charge >= 0.3 is 0 Å². The molecule has 0 saturated carbocycles. The molecule has 106 valence electrons. The molecule has 1 aromatic heterocycles. The molecule has 1 aromatic carbocycles. The minimum absolute atomic E-state index is 0.114. The molecule has 2 unspecified atom stereocenters. The van der Waals surface area contributed by atoms with Gasteiger partial charge in [-0.2, -0.15) is 10.4 Å². The normalized spacial score (nSPS) is 20.5. The van der Waals surface area contributed by atoms with E-state index in [0.29, 0.717) is 5.02 Å². The lowest BCUT2D eigenvalue weighted by Crippen LogP contribution is -2.25. The number of halogens is 1. The largest absolute Gasteiger partial charge is 0.261 e. The van der Waals surface area contributed by atoms with Gasteiger partial charge in [0.2, 0.25) is 0 Å². The molecule has 0 fully saturated rings. The maximum absolute atomic E-state index is 9.67. The van der Waals surface area contributed by atoms with E-state index >= 15 is 0 Å². The van der Waals surface area contributed by atoms with Crippen molar-refractivity contribution < 1.29 is 0 Å². The molecule has 1 aliphatic heterocycles. The van der Waals surface area contributed by atoms with Crippen LogP contribution in [0.1, 0.15) is 36.8 Å². The highest BCUT2D eigenvalue weighted by atomic mass is 35.5. The molecule has 0 bridgehead atoms. The summed E-state index contributed by atoms with van der Waals surface area (Å²) in [6.45, 7) is 2.09. The summed E-state index contributed by atoms with van der Waals surface area (Å²) >= 11 is 6.36. The second-order valence-electron chi connectivity index (χ2n) is 5.13. The number of nitrogens with one attached hydrogen (secondary N) is 1. The number of fused-ring (bicyclic) bond motifs is 1. The van der Waals surface area contributed by atoms with Crippen molar-refractivity contribution in [3.63, 3.8) is 0 Å². The molecule has 0 amide bonds. The van der Waals surface area contributed by atoms with Gasteiger partial charge in [-0.3, -0.25) is 5.10 Å². The standard InChI is InChI=1S/C16H15ClN4/c1-2-5-14-11(8-18)15(10-6-3-4-7-13(10)17)12-9-19-21-16(12)20-14/h3-4,6-7,9,11,15H,2,5H2,1H3,(H,19,21). The van der Waals surface area contributed by atoms with Gasteiger partial charge < -0.3 is 0 Å². The molecule has 0 spiro atoms. The van der Waals surface area contributed by atoms with Crippen molar-refractivity contribution >= 4 is 23.1 Å². The van der Waals surface area contributed by atoms with E-state index in [0.717, 1.165) is 35.5 Å². The first-order valence-electron chi connectivity index (χ1n) is 7.01. The summed E-state index contributed by atoms with van der Waals surface area (Å²) in [4.78, 5) is 4.59. The Morgan fingerprint density at radius 2 is 2.14 bits per heavy atom. The minimum atomic E-state index is -0.296. The molecule has 4 nitrogen and oxygen atoms in total. The highest BCUT2D eigenvalue weighted by molar-refractivity contribution is 6.31. The van der Waals surface area contributed by atoms with Crippen molar-refractivity contribution in [1.29, 1.82) is 5.26 Å². The minimum Gasteiger partial charge on any atom is -0.261 e. The number of H-pyrrole nitrogens is 1. The zero-order valence-electron chi connectivity index (χ0n) is 11.7. The maximum Gasteiger partial charge on any atom is 0.151 e. The number of hydrogen-bond acceptors (Lipinski definition) is 3. The van der Waals surface area contributed by atoms with Crippen LogP contribution in [0, 0.1) is 17.2 Å². The van der Waals surface area contributed by atoms with Gasteiger partial charge in [-0.1, -0.05) is 43.1 Å². The predicted molar refractivity (Wildman–Crippen MR) is 83.0 cm³/mol. The predicted octanol–water partition coefficient (Wildman–Crippen LogP) is 4.22. The van der Waals surface area contributed by atoms with Crippen molar-refractivity contribution in [2.24, 2.45) is 10.9 Å². The van der Waals surface area contributed by atoms with Crippen LogP contribution >= 0.6 is 11.6 Å². The van der Waals surface area contributed by atoms with E-state index in [4.69, 9.17) is 11.6 Å². The van der Waals surface area contributed by atoms with Crippen molar-refractivity contribution in [3.8, 4) is 6.07 Å². The third-order valence-electron chi connectivity index (χ3n) is 3.82. The lowest BCUT2D eigenvalue weighted by atomic mass is 9.77. The molecule has 2 atom stereocenters. The summed E-state index contributed by atoms with van der Waals surface area (Å²) < 4.78 is 0. The van der Waals surface area contributed by atoms with Crippen molar-refractivity contribution in [2.75, 3.05) is 0 Å². The van der Waals surface area contributed by atoms with E-state index in [1.807, 2.05) is 24.3 Å². The van der Waals surface area contributed by atoms with Crippen LogP contribution in [0.2, 0.25) is 5.02 Å². The van der Waals surface area contributed by atoms with Crippen LogP contribution in [0.3, 0.4) is 0 Å². The Balaban J connectivity index is 2.17. The van der Waals surface area contributed by atoms with Crippen LogP contribution in [0.4, 0.5) is 5.82 Å². The highest BCUT2D eigenvalue weighted by Gasteiger charge is 2.36. The molecule has 1 N–H and O–H groups in total. The van der Waals surface area contributed by atoms with Gasteiger partial charge in [-0.25, -0.2) is 4.99 Å². The molecule has 0 radical (unpaired) electrons. The van der Waals surface area contributed by atoms with E-state index in [2.05, 4.69) is 28.2 Å². The quantitative estimate of drug-likeness (QED) is 0.922. The van der Waals surface area contributed by atoms with Gasteiger partial charge in [0.15, 0.2) is 5.82 Å². The smallest absolute Gasteiger partial charge is 0.151 e. The van der Waals surface area contributed by atoms with Crippen LogP contribution in [0.5, 0.6) is 0 Å². The van der Waals surface area contributed by atoms with Gasteiger partial charge in [0.1, 0.15) is 0 Å². The Labute approximate surface area is 128 Å². The molecule has 2 heterocycles. The lowest BCUT2D eigenvalue weighted by molar-refractivity contribution is 0.699. The Bertz CT molecular complexity index is 726. The Kier molecular flexibility index (Phi) is 3.76. The first kappa shape index (κ1) is 13.8. The average molecular weight is 299 g/mol. The molecule has 0 saturated heterocycles. The number of benzene rings is 1. The summed E-state index contributed by atoms with van der Waals surface area (Å²) in [5.41, 5.74) is 2.80. The maximum atomic E-state index is 9.67. The number of nitrogens with zero attached hydrogens (tertiary/aromatic N) is 3. The Morgan fingerprint density at radius 3 is 2.86 bits per heavy atom. The van der Waals surface area contributed by atoms with Crippen LogP contribution < -0.4 is 0 Å². The molecule has 0 aliphatic carbocycles. The van der Waals surface area contributed by atoms with E-state index in [-0.39, 0.29) is 11.8 Å². The fourth-order valence-corrected chi connectivity index (χ4v) is 3.14. The molecular weight excluding hydrogens is 284 g/mol.